The van der Waals surface area contributed by atoms with Gasteiger partial charge in [-0.15, -0.1) is 0 Å². The molecule has 0 aliphatic heterocycles. The molecule has 0 saturated carbocycles. The van der Waals surface area contributed by atoms with Crippen molar-refractivity contribution in [2.75, 3.05) is 4.90 Å². The molecule has 1 nitrogen and oxygen atoms in total. The molecule has 0 heterocycles. The topological polar surface area (TPSA) is 3.24 Å². The van der Waals surface area contributed by atoms with Gasteiger partial charge in [-0.1, -0.05) is 422 Å². The molecule has 0 amide bonds. The summed E-state index contributed by atoms with van der Waals surface area (Å²) >= 11 is 0. The van der Waals surface area contributed by atoms with Gasteiger partial charge in [0.15, 0.2) is 0 Å². The molecule has 0 aromatic heterocycles. The van der Waals surface area contributed by atoms with E-state index in [9.17, 15) is 0 Å². The van der Waals surface area contributed by atoms with E-state index >= 15 is 0 Å². The van der Waals surface area contributed by atoms with Crippen LogP contribution in [0.1, 0.15) is 293 Å². The Morgan fingerprint density at radius 3 is 0.612 bits per heavy atom. The highest BCUT2D eigenvalue weighted by atomic mass is 15.1. The lowest BCUT2D eigenvalue weighted by atomic mass is 9.70. The van der Waals surface area contributed by atoms with E-state index in [1.165, 1.54) is 318 Å². The number of unbranched alkanes of at least 4 members (excludes halogenated alkanes) is 22. The van der Waals surface area contributed by atoms with Crippen molar-refractivity contribution in [3.8, 4) is 100 Å². The summed E-state index contributed by atoms with van der Waals surface area (Å²) in [7, 11) is 0. The van der Waals surface area contributed by atoms with Gasteiger partial charge in [-0.2, -0.15) is 0 Å². The third-order valence-corrected chi connectivity index (χ3v) is 27.5. The van der Waals surface area contributed by atoms with Gasteiger partial charge in [0.05, 0.1) is 0 Å². The fourth-order valence-electron chi connectivity index (χ4n) is 21.2. The summed E-state index contributed by atoms with van der Waals surface area (Å²) < 4.78 is 0. The van der Waals surface area contributed by atoms with Gasteiger partial charge in [0.2, 0.25) is 0 Å². The highest BCUT2D eigenvalue weighted by Crippen LogP contribution is 2.59. The normalized spacial score (nSPS) is 15.3. The molecule has 1 heteroatoms. The SMILES string of the molecule is CCCCCCCC1(CCCCCC)c2ccccc2-c2ccc(-c3cccc(-c4ccc(N(c5ccc(-c6cccc(-c7ccc8c(c7)C(CCCCCC)(CCCCCCC)c7ccccc7-8)c6)cc5)c5ccc(-c6cccc(-c7ccc8c(c7)C(CCCCCCC)(CCCCCCC)c7ccccc7-8)c6)cc5)cc4)c3)cc21. The molecule has 596 valence electrons. The highest BCUT2D eigenvalue weighted by Gasteiger charge is 2.45. The van der Waals surface area contributed by atoms with Crippen LogP contribution in [0.2, 0.25) is 0 Å². The van der Waals surface area contributed by atoms with Crippen molar-refractivity contribution >= 4 is 17.1 Å². The number of hydrogen-bond donors (Lipinski definition) is 0. The lowest BCUT2D eigenvalue weighted by Crippen LogP contribution is -2.25. The molecule has 2 atom stereocenters. The summed E-state index contributed by atoms with van der Waals surface area (Å²) in [4.78, 5) is 2.46. The van der Waals surface area contributed by atoms with E-state index in [0.717, 1.165) is 17.1 Å². The summed E-state index contributed by atoms with van der Waals surface area (Å²) in [5.74, 6) is 0. The number of nitrogens with zero attached hydrogens (tertiary/aromatic N) is 1. The quantitative estimate of drug-likeness (QED) is 0.0344. The van der Waals surface area contributed by atoms with E-state index in [-0.39, 0.29) is 16.2 Å². The summed E-state index contributed by atoms with van der Waals surface area (Å²) in [6, 6.07) is 107. The minimum atomic E-state index is 0.0358. The van der Waals surface area contributed by atoms with Gasteiger partial charge >= 0.3 is 0 Å². The molecule has 116 heavy (non-hydrogen) atoms. The van der Waals surface area contributed by atoms with Crippen molar-refractivity contribution < 1.29 is 0 Å². The molecule has 2 unspecified atom stereocenters. The Hall–Kier alpha value is -9.56. The van der Waals surface area contributed by atoms with Crippen molar-refractivity contribution in [3.63, 3.8) is 0 Å². The summed E-state index contributed by atoms with van der Waals surface area (Å²) in [6.45, 7) is 14.0. The van der Waals surface area contributed by atoms with Crippen LogP contribution in [0, 0.1) is 0 Å². The first kappa shape index (κ1) is 81.6. The van der Waals surface area contributed by atoms with E-state index in [2.05, 4.69) is 319 Å². The highest BCUT2D eigenvalue weighted by molar-refractivity contribution is 5.89. The van der Waals surface area contributed by atoms with Crippen LogP contribution in [-0.2, 0) is 16.2 Å². The van der Waals surface area contributed by atoms with E-state index in [1.807, 2.05) is 0 Å². The summed E-state index contributed by atoms with van der Waals surface area (Å²) in [5, 5.41) is 0. The Bertz CT molecular complexity index is 4930. The first-order valence-electron chi connectivity index (χ1n) is 46.4. The second-order valence-corrected chi connectivity index (χ2v) is 35.2. The first-order valence-corrected chi connectivity index (χ1v) is 46.4. The third-order valence-electron chi connectivity index (χ3n) is 27.5. The van der Waals surface area contributed by atoms with Gasteiger partial charge in [-0.25, -0.2) is 0 Å². The van der Waals surface area contributed by atoms with E-state index < -0.39 is 0 Å². The van der Waals surface area contributed by atoms with Gasteiger partial charge in [0.25, 0.3) is 0 Å². The fraction of sp³-hybridized carbons (Fsp3) is 0.374. The minimum Gasteiger partial charge on any atom is -0.311 e. The van der Waals surface area contributed by atoms with Crippen molar-refractivity contribution in [1.29, 1.82) is 0 Å². The standard InChI is InChI=1S/C115H131N/c1-7-13-19-25-37-76-113(74-35-23-17-11-5)107-53-32-29-50-101(107)104-71-62-95(83-110(104)113)92-47-41-44-89(80-92)86-56-65-98(66-57-86)116(99-67-58-87(59-68-99)90-45-42-48-93(81-90)96-63-72-105-102-51-30-33-54-108(102)114(111(105)84-96,75-36-24-18-12-6)77-38-26-20-14-8-2)100-69-60-88(61-70-100)91-46-43-49-94(82-91)97-64-73-106-103-52-31-34-55-109(103)115(112(106)85-97,78-39-27-21-15-9-3)79-40-28-22-16-10-4/h29-34,41-73,80-85H,7-28,35-40,74-79H2,1-6H3. The van der Waals surface area contributed by atoms with Gasteiger partial charge < -0.3 is 4.90 Å². The molecule has 15 rings (SSSR count). The van der Waals surface area contributed by atoms with E-state index in [1.54, 1.807) is 33.4 Å². The molecule has 3 aliphatic carbocycles. The largest absolute Gasteiger partial charge is 0.311 e. The second-order valence-electron chi connectivity index (χ2n) is 35.2. The predicted octanol–water partition coefficient (Wildman–Crippen LogP) is 35.3. The molecule has 3 aliphatic rings. The zero-order valence-corrected chi connectivity index (χ0v) is 71.5. The molecule has 12 aromatic carbocycles. The van der Waals surface area contributed by atoms with Crippen LogP contribution in [-0.4, -0.2) is 0 Å². The smallest absolute Gasteiger partial charge is 0.0462 e. The number of anilines is 3. The van der Waals surface area contributed by atoms with Gasteiger partial charge in [-0.05, 0) is 245 Å². The van der Waals surface area contributed by atoms with Crippen LogP contribution in [0.15, 0.2) is 273 Å². The van der Waals surface area contributed by atoms with Gasteiger partial charge in [-0.3, -0.25) is 0 Å². The molecule has 0 N–H and O–H groups in total. The Morgan fingerprint density at radius 2 is 0.362 bits per heavy atom. The van der Waals surface area contributed by atoms with Crippen LogP contribution in [0.5, 0.6) is 0 Å². The molecular weight excluding hydrogens is 1400 g/mol. The third kappa shape index (κ3) is 17.5. The van der Waals surface area contributed by atoms with Crippen LogP contribution >= 0.6 is 0 Å². The van der Waals surface area contributed by atoms with Crippen LogP contribution in [0.4, 0.5) is 17.1 Å². The molecule has 12 aromatic rings. The number of rotatable bonds is 43. The van der Waals surface area contributed by atoms with Gasteiger partial charge in [0, 0.05) is 33.3 Å². The Balaban J connectivity index is 0.753. The molecule has 0 spiro atoms. The minimum absolute atomic E-state index is 0.0358. The van der Waals surface area contributed by atoms with Crippen LogP contribution in [0.3, 0.4) is 0 Å². The number of benzene rings is 12. The van der Waals surface area contributed by atoms with E-state index in [4.69, 9.17) is 0 Å². The molecule has 0 bridgehead atoms. The average Bonchev–Trinajstić information content (AvgIpc) is 1.58. The molecule has 0 radical (unpaired) electrons. The lowest BCUT2D eigenvalue weighted by Gasteiger charge is -2.33. The predicted molar refractivity (Wildman–Crippen MR) is 503 cm³/mol. The zero-order chi connectivity index (χ0) is 79.5. The maximum absolute atomic E-state index is 2.62. The van der Waals surface area contributed by atoms with Crippen LogP contribution < -0.4 is 4.90 Å². The summed E-state index contributed by atoms with van der Waals surface area (Å²) in [5.41, 5.74) is 36.6. The van der Waals surface area contributed by atoms with Crippen molar-refractivity contribution in [2.45, 2.75) is 276 Å². The van der Waals surface area contributed by atoms with Crippen LogP contribution in [0.25, 0.3) is 100 Å². The average molecular weight is 1530 g/mol. The molecule has 0 fully saturated rings. The molecule has 0 saturated heterocycles. The van der Waals surface area contributed by atoms with Gasteiger partial charge in [0.1, 0.15) is 0 Å². The van der Waals surface area contributed by atoms with E-state index in [0.29, 0.717) is 0 Å². The second kappa shape index (κ2) is 39.1. The summed E-state index contributed by atoms with van der Waals surface area (Å²) in [6.07, 6.45) is 43.6. The van der Waals surface area contributed by atoms with Crippen molar-refractivity contribution in [3.05, 3.63) is 306 Å². The zero-order valence-electron chi connectivity index (χ0n) is 71.5. The monoisotopic (exact) mass is 1530 g/mol. The fourth-order valence-corrected chi connectivity index (χ4v) is 21.2. The van der Waals surface area contributed by atoms with Crippen molar-refractivity contribution in [2.24, 2.45) is 0 Å². The maximum Gasteiger partial charge on any atom is 0.0462 e. The lowest BCUT2D eigenvalue weighted by molar-refractivity contribution is 0.399. The number of fused-ring (bicyclic) bond motifs is 9. The Morgan fingerprint density at radius 1 is 0.164 bits per heavy atom. The Kier molecular flexibility index (Phi) is 27.5. The molecular formula is C115H131N. The number of hydrogen-bond acceptors (Lipinski definition) is 1. The van der Waals surface area contributed by atoms with Crippen molar-refractivity contribution in [1.82, 2.24) is 0 Å². The Labute approximate surface area is 699 Å². The maximum atomic E-state index is 2.62. The first-order chi connectivity index (χ1) is 57.2.